The van der Waals surface area contributed by atoms with Gasteiger partial charge in [-0.3, -0.25) is 4.79 Å². The second-order valence-corrected chi connectivity index (χ2v) is 5.26. The van der Waals surface area contributed by atoms with E-state index in [1.54, 1.807) is 0 Å². The minimum Gasteiger partial charge on any atom is -0.368 e. The molecule has 1 aliphatic heterocycles. The van der Waals surface area contributed by atoms with Gasteiger partial charge in [0.2, 0.25) is 5.91 Å². The van der Waals surface area contributed by atoms with E-state index >= 15 is 0 Å². The predicted octanol–water partition coefficient (Wildman–Crippen LogP) is 0.570. The van der Waals surface area contributed by atoms with E-state index < -0.39 is 0 Å². The molecule has 0 spiro atoms. The van der Waals surface area contributed by atoms with Gasteiger partial charge in [0, 0.05) is 12.6 Å². The Bertz CT molecular complexity index is 222. The number of piperidine rings is 1. The molecule has 0 aromatic heterocycles. The fourth-order valence-electron chi connectivity index (χ4n) is 2.23. The van der Waals surface area contributed by atoms with Crippen molar-refractivity contribution in [1.29, 1.82) is 0 Å². The summed E-state index contributed by atoms with van der Waals surface area (Å²) in [5.74, 6) is 0.471. The van der Waals surface area contributed by atoms with Crippen LogP contribution in [0.2, 0.25) is 0 Å². The molecule has 0 aliphatic carbocycles. The van der Waals surface area contributed by atoms with Crippen molar-refractivity contribution in [3.8, 4) is 0 Å². The van der Waals surface area contributed by atoms with Crippen molar-refractivity contribution in [3.63, 3.8) is 0 Å². The van der Waals surface area contributed by atoms with E-state index in [-0.39, 0.29) is 11.9 Å². The van der Waals surface area contributed by atoms with Crippen LogP contribution in [0.4, 0.5) is 0 Å². The van der Waals surface area contributed by atoms with Crippen LogP contribution < -0.4 is 11.1 Å². The average molecular weight is 227 g/mol. The Labute approximate surface area is 98.6 Å². The van der Waals surface area contributed by atoms with Crippen LogP contribution >= 0.6 is 0 Å². The van der Waals surface area contributed by atoms with Gasteiger partial charge in [0.15, 0.2) is 0 Å². The summed E-state index contributed by atoms with van der Waals surface area (Å²) in [5, 5.41) is 3.29. The summed E-state index contributed by atoms with van der Waals surface area (Å²) in [5.41, 5.74) is 5.23. The number of nitrogens with zero attached hydrogens (tertiary/aromatic N) is 1. The molecule has 1 atom stereocenters. The van der Waals surface area contributed by atoms with Gasteiger partial charge in [0.05, 0.1) is 6.04 Å². The van der Waals surface area contributed by atoms with Crippen LogP contribution in [0.15, 0.2) is 0 Å². The number of hydrogen-bond acceptors (Lipinski definition) is 3. The van der Waals surface area contributed by atoms with Crippen molar-refractivity contribution in [3.05, 3.63) is 0 Å². The van der Waals surface area contributed by atoms with Crippen molar-refractivity contribution in [2.24, 2.45) is 11.7 Å². The van der Waals surface area contributed by atoms with Crippen LogP contribution in [-0.2, 0) is 4.79 Å². The number of nitrogens with two attached hydrogens (primary N) is 1. The fraction of sp³-hybridized carbons (Fsp3) is 0.917. The quantitative estimate of drug-likeness (QED) is 0.722. The molecular formula is C12H25N3O. The van der Waals surface area contributed by atoms with Crippen LogP contribution in [0.3, 0.4) is 0 Å². The Morgan fingerprint density at radius 3 is 2.38 bits per heavy atom. The number of nitrogens with one attached hydrogen (secondary N) is 1. The summed E-state index contributed by atoms with van der Waals surface area (Å²) in [6.07, 6.45) is 2.23. The molecule has 4 nitrogen and oxygen atoms in total. The Kier molecular flexibility index (Phi) is 5.22. The number of likely N-dealkylation sites (tertiary alicyclic amines) is 1. The maximum atomic E-state index is 10.9. The highest BCUT2D eigenvalue weighted by atomic mass is 16.1. The van der Waals surface area contributed by atoms with Gasteiger partial charge in [-0.15, -0.1) is 0 Å². The van der Waals surface area contributed by atoms with Crippen molar-refractivity contribution < 1.29 is 4.79 Å². The van der Waals surface area contributed by atoms with Crippen LogP contribution in [0.1, 0.15) is 33.6 Å². The van der Waals surface area contributed by atoms with Crippen LogP contribution in [-0.4, -0.2) is 42.5 Å². The van der Waals surface area contributed by atoms with E-state index in [1.165, 1.54) is 6.54 Å². The summed E-state index contributed by atoms with van der Waals surface area (Å²) < 4.78 is 0. The van der Waals surface area contributed by atoms with E-state index in [4.69, 9.17) is 5.73 Å². The van der Waals surface area contributed by atoms with Crippen molar-refractivity contribution >= 4 is 5.91 Å². The van der Waals surface area contributed by atoms with E-state index in [9.17, 15) is 4.79 Å². The minimum absolute atomic E-state index is 0.207. The zero-order valence-electron chi connectivity index (χ0n) is 10.7. The van der Waals surface area contributed by atoms with E-state index in [1.807, 2.05) is 6.92 Å². The van der Waals surface area contributed by atoms with Crippen LogP contribution in [0.25, 0.3) is 0 Å². The van der Waals surface area contributed by atoms with Gasteiger partial charge in [-0.25, -0.2) is 0 Å². The van der Waals surface area contributed by atoms with E-state index in [0.717, 1.165) is 31.8 Å². The Morgan fingerprint density at radius 1 is 1.38 bits per heavy atom. The minimum atomic E-state index is -0.260. The van der Waals surface area contributed by atoms with E-state index in [2.05, 4.69) is 24.1 Å². The van der Waals surface area contributed by atoms with Gasteiger partial charge in [0.25, 0.3) is 0 Å². The average Bonchev–Trinajstić information content (AvgIpc) is 2.20. The SMILES string of the molecule is CC(C)CN1CCC(NC(C)C(N)=O)CC1. The van der Waals surface area contributed by atoms with Gasteiger partial charge in [-0.1, -0.05) is 13.8 Å². The molecule has 94 valence electrons. The van der Waals surface area contributed by atoms with Gasteiger partial charge in [-0.05, 0) is 38.8 Å². The first kappa shape index (κ1) is 13.5. The lowest BCUT2D eigenvalue weighted by molar-refractivity contribution is -0.119. The molecule has 1 rings (SSSR count). The third-order valence-corrected chi connectivity index (χ3v) is 3.12. The highest BCUT2D eigenvalue weighted by molar-refractivity contribution is 5.79. The molecule has 0 saturated carbocycles. The van der Waals surface area contributed by atoms with Gasteiger partial charge in [0.1, 0.15) is 0 Å². The van der Waals surface area contributed by atoms with Crippen molar-refractivity contribution in [2.75, 3.05) is 19.6 Å². The molecule has 1 fully saturated rings. The lowest BCUT2D eigenvalue weighted by atomic mass is 10.0. The standard InChI is InChI=1S/C12H25N3O/c1-9(2)8-15-6-4-11(5-7-15)14-10(3)12(13)16/h9-11,14H,4-8H2,1-3H3,(H2,13,16). The molecule has 1 unspecified atom stereocenters. The number of rotatable bonds is 5. The smallest absolute Gasteiger partial charge is 0.234 e. The first-order valence-corrected chi connectivity index (χ1v) is 6.26. The van der Waals surface area contributed by atoms with Crippen LogP contribution in [0.5, 0.6) is 0 Å². The lowest BCUT2D eigenvalue weighted by Crippen LogP contribution is -2.49. The monoisotopic (exact) mass is 227 g/mol. The molecule has 3 N–H and O–H groups in total. The largest absolute Gasteiger partial charge is 0.368 e. The highest BCUT2D eigenvalue weighted by Gasteiger charge is 2.21. The topological polar surface area (TPSA) is 58.4 Å². The van der Waals surface area contributed by atoms with Gasteiger partial charge < -0.3 is 16.0 Å². The first-order valence-electron chi connectivity index (χ1n) is 6.26. The summed E-state index contributed by atoms with van der Waals surface area (Å²) in [4.78, 5) is 13.4. The zero-order valence-corrected chi connectivity index (χ0v) is 10.7. The number of carbonyl (C=O) groups is 1. The summed E-state index contributed by atoms with van der Waals surface area (Å²) in [7, 11) is 0. The molecule has 0 bridgehead atoms. The summed E-state index contributed by atoms with van der Waals surface area (Å²) in [6, 6.07) is 0.243. The molecule has 0 aromatic carbocycles. The normalized spacial score (nSPS) is 21.2. The molecule has 1 saturated heterocycles. The Balaban J connectivity index is 2.24. The molecule has 0 aromatic rings. The molecular weight excluding hydrogens is 202 g/mol. The summed E-state index contributed by atoms with van der Waals surface area (Å²) >= 11 is 0. The molecule has 16 heavy (non-hydrogen) atoms. The molecule has 1 aliphatic rings. The number of amides is 1. The van der Waals surface area contributed by atoms with Crippen molar-refractivity contribution in [2.45, 2.75) is 45.7 Å². The maximum absolute atomic E-state index is 10.9. The summed E-state index contributed by atoms with van der Waals surface area (Å²) in [6.45, 7) is 9.77. The maximum Gasteiger partial charge on any atom is 0.234 e. The van der Waals surface area contributed by atoms with Crippen LogP contribution in [0, 0.1) is 5.92 Å². The van der Waals surface area contributed by atoms with Gasteiger partial charge in [-0.2, -0.15) is 0 Å². The molecule has 0 radical (unpaired) electrons. The third kappa shape index (κ3) is 4.49. The lowest BCUT2D eigenvalue weighted by Gasteiger charge is -2.34. The fourth-order valence-corrected chi connectivity index (χ4v) is 2.23. The number of carbonyl (C=O) groups excluding carboxylic acids is 1. The van der Waals surface area contributed by atoms with Crippen molar-refractivity contribution in [1.82, 2.24) is 10.2 Å². The second-order valence-electron chi connectivity index (χ2n) is 5.26. The third-order valence-electron chi connectivity index (χ3n) is 3.12. The predicted molar refractivity (Wildman–Crippen MR) is 66.1 cm³/mol. The first-order chi connectivity index (χ1) is 7.49. The molecule has 1 heterocycles. The zero-order chi connectivity index (χ0) is 12.1. The Morgan fingerprint density at radius 2 is 1.94 bits per heavy atom. The van der Waals surface area contributed by atoms with Gasteiger partial charge >= 0.3 is 0 Å². The Hall–Kier alpha value is -0.610. The van der Waals surface area contributed by atoms with E-state index in [0.29, 0.717) is 6.04 Å². The highest BCUT2D eigenvalue weighted by Crippen LogP contribution is 2.12. The molecule has 4 heteroatoms. The number of primary amides is 1. The molecule has 1 amide bonds. The number of hydrogen-bond donors (Lipinski definition) is 2. The second kappa shape index (κ2) is 6.21.